The molecule has 1 saturated heterocycles. The first-order chi connectivity index (χ1) is 24.2. The number of oxime groups is 1. The molecule has 0 spiro atoms. The van der Waals surface area contributed by atoms with Gasteiger partial charge < -0.3 is 41.4 Å². The van der Waals surface area contributed by atoms with Crippen LogP contribution in [-0.4, -0.2) is 113 Å². The lowest BCUT2D eigenvalue weighted by molar-refractivity contribution is -0.150. The highest BCUT2D eigenvalue weighted by atomic mass is 32.2. The number of carboxylic acids is 3. The number of benzene rings is 1. The van der Waals surface area contributed by atoms with Crippen LogP contribution >= 0.6 is 34.9 Å². The first-order valence-electron chi connectivity index (χ1n) is 14.2. The van der Waals surface area contributed by atoms with Gasteiger partial charge in [0.15, 0.2) is 22.3 Å². The number of phenols is 2. The van der Waals surface area contributed by atoms with Gasteiger partial charge in [-0.25, -0.2) is 24.4 Å². The highest BCUT2D eigenvalue weighted by Gasteiger charge is 2.54. The zero-order chi connectivity index (χ0) is 36.7. The van der Waals surface area contributed by atoms with Crippen molar-refractivity contribution in [3.8, 4) is 11.5 Å². The van der Waals surface area contributed by atoms with E-state index in [0.717, 1.165) is 40.1 Å². The number of thioether (sulfide) groups is 2. The van der Waals surface area contributed by atoms with Gasteiger partial charge in [-0.05, 0) is 30.7 Å². The van der Waals surface area contributed by atoms with Gasteiger partial charge in [0.1, 0.15) is 34.4 Å². The van der Waals surface area contributed by atoms with Crippen LogP contribution in [0.15, 0.2) is 45.0 Å². The van der Waals surface area contributed by atoms with E-state index < -0.39 is 76.3 Å². The summed E-state index contributed by atoms with van der Waals surface area (Å²) in [6.07, 6.45) is 0. The minimum absolute atomic E-state index is 0.0318. The fraction of sp³-hybridized carbons (Fsp3) is 0.214. The smallest absolute Gasteiger partial charge is 0.375 e. The van der Waals surface area contributed by atoms with Gasteiger partial charge in [-0.2, -0.15) is 9.50 Å². The average molecular weight is 758 g/mol. The second-order valence-electron chi connectivity index (χ2n) is 10.7. The Morgan fingerprint density at radius 2 is 1.82 bits per heavy atom. The number of hydrogen-bond acceptors (Lipinski definition) is 17. The summed E-state index contributed by atoms with van der Waals surface area (Å²) in [7, 11) is 0. The van der Waals surface area contributed by atoms with Crippen LogP contribution in [0, 0.1) is 6.92 Å². The van der Waals surface area contributed by atoms with E-state index in [4.69, 9.17) is 10.6 Å². The standard InChI is InChI=1S/C28H23N9O11S3/c1-9-2-16(37-28(30-9)33-20(34-37)26(46)47)49-6-11-7-50-23-18(22(41)36(23)19(11)25(44)45)32-21(40)17(13-8-51-27(29)31-13)35-48-5-10-3-14(38)15(39)4-12(10)24(42)43/h2-4,8,18,23,38-39H,5-7H2,1H3,(H2,29,31)(H,32,40)(H,42,43)(H,44,45)(H,46,47)/b35-17-/t18-,23-/m1/s1. The van der Waals surface area contributed by atoms with Crippen LogP contribution in [0.1, 0.15) is 37.9 Å². The molecule has 0 saturated carbocycles. The molecular formula is C28H23N9O11S3. The number of aromatic hydroxyl groups is 2. The number of aromatic carboxylic acids is 2. The van der Waals surface area contributed by atoms with Gasteiger partial charge in [0.25, 0.3) is 23.4 Å². The van der Waals surface area contributed by atoms with E-state index in [0.29, 0.717) is 16.3 Å². The number of anilines is 1. The number of carbonyl (C=O) groups is 5. The van der Waals surface area contributed by atoms with Gasteiger partial charge in [-0.3, -0.25) is 14.5 Å². The van der Waals surface area contributed by atoms with E-state index in [1.54, 1.807) is 13.0 Å². The van der Waals surface area contributed by atoms with Crippen molar-refractivity contribution in [2.24, 2.45) is 5.16 Å². The maximum Gasteiger partial charge on any atom is 0.375 e. The van der Waals surface area contributed by atoms with Crippen molar-refractivity contribution in [1.82, 2.24) is 34.8 Å². The first-order valence-corrected chi connectivity index (χ1v) is 17.2. The molecule has 2 aliphatic heterocycles. The third-order valence-corrected chi connectivity index (χ3v) is 10.4. The van der Waals surface area contributed by atoms with Crippen molar-refractivity contribution in [2.45, 2.75) is 30.0 Å². The number of nitrogens with two attached hydrogens (primary N) is 1. The largest absolute Gasteiger partial charge is 0.504 e. The number of aromatic nitrogens is 5. The molecular weight excluding hydrogens is 735 g/mol. The molecule has 6 rings (SSSR count). The summed E-state index contributed by atoms with van der Waals surface area (Å²) in [5.74, 6) is -7.22. The second kappa shape index (κ2) is 13.8. The molecule has 2 aliphatic rings. The summed E-state index contributed by atoms with van der Waals surface area (Å²) in [6, 6.07) is 2.24. The Morgan fingerprint density at radius 3 is 2.49 bits per heavy atom. The number of β-lactam (4-membered cyclic amide) rings is 1. The number of aryl methyl sites for hydroxylation is 1. The fourth-order valence-corrected chi connectivity index (χ4v) is 8.10. The molecule has 3 aromatic heterocycles. The molecule has 2 amide bonds. The van der Waals surface area contributed by atoms with Gasteiger partial charge in [-0.15, -0.1) is 40.0 Å². The lowest BCUT2D eigenvalue weighted by Crippen LogP contribution is -2.71. The summed E-state index contributed by atoms with van der Waals surface area (Å²) in [5, 5.41) is 59.8. The molecule has 1 fully saturated rings. The summed E-state index contributed by atoms with van der Waals surface area (Å²) in [5.41, 5.74) is 5.45. The van der Waals surface area contributed by atoms with Crippen LogP contribution in [0.25, 0.3) is 5.78 Å². The van der Waals surface area contributed by atoms with Crippen LogP contribution in [-0.2, 0) is 25.8 Å². The Morgan fingerprint density at radius 1 is 1.08 bits per heavy atom. The van der Waals surface area contributed by atoms with E-state index in [1.807, 2.05) is 0 Å². The van der Waals surface area contributed by atoms with Gasteiger partial charge in [0.05, 0.1) is 5.56 Å². The quantitative estimate of drug-likeness (QED) is 0.0262. The number of hydrogen-bond donors (Lipinski definition) is 7. The summed E-state index contributed by atoms with van der Waals surface area (Å²) in [6.45, 7) is 1.12. The summed E-state index contributed by atoms with van der Waals surface area (Å²) in [4.78, 5) is 80.7. The van der Waals surface area contributed by atoms with E-state index in [2.05, 4.69) is 30.5 Å². The van der Waals surface area contributed by atoms with Gasteiger partial charge in [0.2, 0.25) is 0 Å². The highest BCUT2D eigenvalue weighted by molar-refractivity contribution is 8.01. The minimum Gasteiger partial charge on any atom is -0.504 e. The third-order valence-electron chi connectivity index (χ3n) is 7.32. The number of fused-ring (bicyclic) bond motifs is 2. The zero-order valence-electron chi connectivity index (χ0n) is 25.7. The summed E-state index contributed by atoms with van der Waals surface area (Å²) < 4.78 is 1.24. The van der Waals surface area contributed by atoms with Crippen molar-refractivity contribution in [1.29, 1.82) is 0 Å². The number of aliphatic carboxylic acids is 1. The predicted octanol–water partition coefficient (Wildman–Crippen LogP) is 0.731. The van der Waals surface area contributed by atoms with Gasteiger partial charge in [0, 0.05) is 28.1 Å². The van der Waals surface area contributed by atoms with Crippen molar-refractivity contribution >= 4 is 81.2 Å². The number of nitrogens with one attached hydrogen (secondary N) is 1. The summed E-state index contributed by atoms with van der Waals surface area (Å²) >= 11 is 3.34. The Hall–Kier alpha value is -5.94. The zero-order valence-corrected chi connectivity index (χ0v) is 28.2. The lowest BCUT2D eigenvalue weighted by Gasteiger charge is -2.49. The molecule has 51 heavy (non-hydrogen) atoms. The van der Waals surface area contributed by atoms with E-state index >= 15 is 0 Å². The first kappa shape index (κ1) is 34.9. The second-order valence-corrected chi connectivity index (χ2v) is 13.7. The molecule has 2 atom stereocenters. The maximum atomic E-state index is 13.5. The molecule has 1 aromatic carbocycles. The number of nitrogens with zero attached hydrogens (tertiary/aromatic N) is 7. The van der Waals surface area contributed by atoms with E-state index in [1.165, 1.54) is 21.7 Å². The molecule has 4 aromatic rings. The number of thiazole rings is 1. The Kier molecular flexibility index (Phi) is 9.42. The van der Waals surface area contributed by atoms with Crippen molar-refractivity contribution < 1.29 is 54.3 Å². The monoisotopic (exact) mass is 757 g/mol. The van der Waals surface area contributed by atoms with Crippen LogP contribution in [0.4, 0.5) is 5.13 Å². The lowest BCUT2D eigenvalue weighted by atomic mass is 10.0. The van der Waals surface area contributed by atoms with Gasteiger partial charge >= 0.3 is 17.9 Å². The number of carboxylic acid groups (broad SMARTS) is 3. The van der Waals surface area contributed by atoms with Crippen LogP contribution in [0.3, 0.4) is 0 Å². The molecule has 8 N–H and O–H groups in total. The predicted molar refractivity (Wildman–Crippen MR) is 177 cm³/mol. The normalized spacial score (nSPS) is 17.2. The number of amides is 2. The van der Waals surface area contributed by atoms with Crippen molar-refractivity contribution in [3.05, 3.63) is 63.2 Å². The highest BCUT2D eigenvalue weighted by Crippen LogP contribution is 2.42. The molecule has 0 aliphatic carbocycles. The topological polar surface area (TPSA) is 305 Å². The average Bonchev–Trinajstić information content (AvgIpc) is 3.71. The Balaban J connectivity index is 1.19. The number of carbonyl (C=O) groups excluding carboxylic acids is 2. The fourth-order valence-electron chi connectivity index (χ4n) is 5.02. The molecule has 23 heteroatoms. The third kappa shape index (κ3) is 6.80. The van der Waals surface area contributed by atoms with Crippen LogP contribution < -0.4 is 11.1 Å². The van der Waals surface area contributed by atoms with Crippen LogP contribution in [0.5, 0.6) is 11.5 Å². The van der Waals surface area contributed by atoms with Crippen LogP contribution in [0.2, 0.25) is 0 Å². The number of rotatable bonds is 12. The molecule has 0 unspecified atom stereocenters. The molecule has 0 bridgehead atoms. The maximum absolute atomic E-state index is 13.5. The molecule has 264 valence electrons. The molecule has 20 nitrogen and oxygen atoms in total. The minimum atomic E-state index is -1.43. The molecule has 0 radical (unpaired) electrons. The van der Waals surface area contributed by atoms with E-state index in [9.17, 15) is 49.5 Å². The van der Waals surface area contributed by atoms with Crippen molar-refractivity contribution in [3.63, 3.8) is 0 Å². The SMILES string of the molecule is Cc1cc(SCC2=C(C(=O)O)N3C(=O)[C@@H](NC(=O)/C(=N\OCc4cc(O)c(O)cc4C(=O)O)c4csc(N)n4)[C@H]3SC2)n2nc(C(=O)O)nc2n1. The number of phenolic OH excluding ortho intramolecular Hbond substituents is 2. The Bertz CT molecular complexity index is 2220. The number of nitrogen functional groups attached to an aromatic ring is 1. The molecule has 5 heterocycles. The van der Waals surface area contributed by atoms with E-state index in [-0.39, 0.29) is 39.4 Å². The van der Waals surface area contributed by atoms with Crippen molar-refractivity contribution in [2.75, 3.05) is 17.2 Å². The van der Waals surface area contributed by atoms with Gasteiger partial charge in [-0.1, -0.05) is 5.16 Å². The Labute approximate surface area is 296 Å².